The topological polar surface area (TPSA) is 93.4 Å². The number of benzene rings is 2. The quantitative estimate of drug-likeness (QED) is 0.594. The lowest BCUT2D eigenvalue weighted by Gasteiger charge is -2.35. The number of rotatable bonds is 6. The highest BCUT2D eigenvalue weighted by Crippen LogP contribution is 2.31. The van der Waals surface area contributed by atoms with E-state index in [1.165, 1.54) is 35.5 Å². The highest BCUT2D eigenvalue weighted by atomic mass is 32.2. The Bertz CT molecular complexity index is 1090. The molecule has 1 fully saturated rings. The first kappa shape index (κ1) is 18.5. The molecule has 0 amide bonds. The van der Waals surface area contributed by atoms with E-state index >= 15 is 0 Å². The number of sulfonamides is 1. The molecular weight excluding hydrogens is 378 g/mol. The zero-order valence-corrected chi connectivity index (χ0v) is 16.1. The molecule has 28 heavy (non-hydrogen) atoms. The lowest BCUT2D eigenvalue weighted by molar-refractivity contribution is 0.101. The summed E-state index contributed by atoms with van der Waals surface area (Å²) in [5, 5.41) is 4.00. The average Bonchev–Trinajstić information content (AvgIpc) is 3.09. The maximum absolute atomic E-state index is 12.7. The lowest BCUT2D eigenvalue weighted by Crippen LogP contribution is -2.48. The van der Waals surface area contributed by atoms with Crippen LogP contribution in [0.5, 0.6) is 0 Å². The molecule has 0 aliphatic carbocycles. The van der Waals surface area contributed by atoms with Crippen molar-refractivity contribution in [1.29, 1.82) is 0 Å². The molecule has 0 saturated carbocycles. The molecule has 0 atom stereocenters. The van der Waals surface area contributed by atoms with Crippen molar-refractivity contribution in [3.05, 3.63) is 77.4 Å². The normalized spacial score (nSPS) is 15.3. The van der Waals surface area contributed by atoms with Crippen molar-refractivity contribution >= 4 is 15.8 Å². The standard InChI is InChI=1S/C20H19N3O4S/c1-14(24)16-7-9-18(10-8-16)28(25,26)23-12-17(13-23)20-21-19(22-27-20)11-15-5-3-2-4-6-15/h2-10,17H,11-13H2,1H3. The predicted octanol–water partition coefficient (Wildman–Crippen LogP) is 2.65. The number of carbonyl (C=O) groups excluding carboxylic acids is 1. The second-order valence-corrected chi connectivity index (χ2v) is 8.75. The molecular formula is C20H19N3O4S. The molecule has 3 aromatic rings. The summed E-state index contributed by atoms with van der Waals surface area (Å²) >= 11 is 0. The number of hydrogen-bond acceptors (Lipinski definition) is 6. The van der Waals surface area contributed by atoms with Crippen molar-refractivity contribution < 1.29 is 17.7 Å². The molecule has 7 nitrogen and oxygen atoms in total. The minimum Gasteiger partial charge on any atom is -0.339 e. The van der Waals surface area contributed by atoms with Crippen molar-refractivity contribution in [3.8, 4) is 0 Å². The summed E-state index contributed by atoms with van der Waals surface area (Å²) in [5.74, 6) is 0.839. The Labute approximate surface area is 163 Å². The van der Waals surface area contributed by atoms with Gasteiger partial charge < -0.3 is 4.52 Å². The van der Waals surface area contributed by atoms with Gasteiger partial charge in [-0.1, -0.05) is 47.6 Å². The summed E-state index contributed by atoms with van der Waals surface area (Å²) in [6, 6.07) is 15.8. The highest BCUT2D eigenvalue weighted by molar-refractivity contribution is 7.89. The smallest absolute Gasteiger partial charge is 0.243 e. The molecule has 4 rings (SSSR count). The van der Waals surface area contributed by atoms with Crippen molar-refractivity contribution in [2.75, 3.05) is 13.1 Å². The Morgan fingerprint density at radius 3 is 2.43 bits per heavy atom. The second-order valence-electron chi connectivity index (χ2n) is 6.81. The number of aromatic nitrogens is 2. The lowest BCUT2D eigenvalue weighted by atomic mass is 10.0. The van der Waals surface area contributed by atoms with Crippen LogP contribution in [0.15, 0.2) is 64.0 Å². The van der Waals surface area contributed by atoms with Crippen molar-refractivity contribution in [2.24, 2.45) is 0 Å². The summed E-state index contributed by atoms with van der Waals surface area (Å²) in [6.07, 6.45) is 0.571. The van der Waals surface area contributed by atoms with Crippen LogP contribution in [-0.4, -0.2) is 41.7 Å². The fourth-order valence-electron chi connectivity index (χ4n) is 3.08. The Morgan fingerprint density at radius 2 is 1.79 bits per heavy atom. The molecule has 2 heterocycles. The van der Waals surface area contributed by atoms with Gasteiger partial charge in [-0.05, 0) is 24.6 Å². The largest absolute Gasteiger partial charge is 0.339 e. The summed E-state index contributed by atoms with van der Waals surface area (Å²) in [5.41, 5.74) is 1.57. The van der Waals surface area contributed by atoms with Crippen molar-refractivity contribution in [3.63, 3.8) is 0 Å². The zero-order chi connectivity index (χ0) is 19.7. The van der Waals surface area contributed by atoms with E-state index in [0.29, 0.717) is 36.8 Å². The summed E-state index contributed by atoms with van der Waals surface area (Å²) in [4.78, 5) is 15.9. The van der Waals surface area contributed by atoms with Gasteiger partial charge in [0, 0.05) is 25.1 Å². The van der Waals surface area contributed by atoms with Gasteiger partial charge in [-0.25, -0.2) is 8.42 Å². The van der Waals surface area contributed by atoms with Gasteiger partial charge >= 0.3 is 0 Å². The first-order chi connectivity index (χ1) is 13.4. The van der Waals surface area contributed by atoms with Crippen molar-refractivity contribution in [1.82, 2.24) is 14.4 Å². The summed E-state index contributed by atoms with van der Waals surface area (Å²) < 4.78 is 32.1. The second kappa shape index (κ2) is 7.29. The number of ketones is 1. The number of carbonyl (C=O) groups is 1. The molecule has 144 valence electrons. The molecule has 8 heteroatoms. The van der Waals surface area contributed by atoms with Gasteiger partial charge in [0.05, 0.1) is 10.8 Å². The molecule has 0 bridgehead atoms. The first-order valence-corrected chi connectivity index (χ1v) is 10.3. The van der Waals surface area contributed by atoms with Gasteiger partial charge in [-0.3, -0.25) is 4.79 Å². The highest BCUT2D eigenvalue weighted by Gasteiger charge is 2.40. The van der Waals surface area contributed by atoms with Gasteiger partial charge in [0.1, 0.15) is 0 Å². The number of nitrogens with zero attached hydrogens (tertiary/aromatic N) is 3. The van der Waals surface area contributed by atoms with E-state index in [1.54, 1.807) is 0 Å². The zero-order valence-electron chi connectivity index (χ0n) is 15.3. The molecule has 0 spiro atoms. The number of Topliss-reactive ketones (excluding diaryl/α,β-unsaturated/α-hetero) is 1. The maximum atomic E-state index is 12.7. The van der Waals surface area contributed by atoms with E-state index < -0.39 is 10.0 Å². The molecule has 0 N–H and O–H groups in total. The number of hydrogen-bond donors (Lipinski definition) is 0. The van der Waals surface area contributed by atoms with Crippen molar-refractivity contribution in [2.45, 2.75) is 24.2 Å². The molecule has 1 aliphatic rings. The summed E-state index contributed by atoms with van der Waals surface area (Å²) in [7, 11) is -3.60. The Kier molecular flexibility index (Phi) is 4.82. The molecule has 0 radical (unpaired) electrons. The fraction of sp³-hybridized carbons (Fsp3) is 0.250. The third-order valence-corrected chi connectivity index (χ3v) is 6.63. The van der Waals surface area contributed by atoms with Gasteiger partial charge in [0.15, 0.2) is 11.6 Å². The monoisotopic (exact) mass is 397 g/mol. The van der Waals surface area contributed by atoms with Crippen LogP contribution < -0.4 is 0 Å². The van der Waals surface area contributed by atoms with E-state index in [9.17, 15) is 13.2 Å². The van der Waals surface area contributed by atoms with E-state index in [2.05, 4.69) is 10.1 Å². The van der Waals surface area contributed by atoms with E-state index in [0.717, 1.165) is 5.56 Å². The van der Waals surface area contributed by atoms with E-state index in [4.69, 9.17) is 4.52 Å². The molecule has 1 aromatic heterocycles. The minimum atomic E-state index is -3.60. The van der Waals surface area contributed by atoms with Crippen LogP contribution >= 0.6 is 0 Å². The van der Waals surface area contributed by atoms with Crippen LogP contribution in [0.2, 0.25) is 0 Å². The molecule has 2 aromatic carbocycles. The van der Waals surface area contributed by atoms with E-state index in [1.807, 2.05) is 30.3 Å². The van der Waals surface area contributed by atoms with Crippen LogP contribution in [0.3, 0.4) is 0 Å². The van der Waals surface area contributed by atoms with Crippen LogP contribution in [0.1, 0.15) is 40.5 Å². The van der Waals surface area contributed by atoms with Gasteiger partial charge in [-0.2, -0.15) is 9.29 Å². The first-order valence-electron chi connectivity index (χ1n) is 8.91. The SMILES string of the molecule is CC(=O)c1ccc(S(=O)(=O)N2CC(c3nc(Cc4ccccc4)no3)C2)cc1. The van der Waals surface area contributed by atoms with Gasteiger partial charge in [0.2, 0.25) is 15.9 Å². The van der Waals surface area contributed by atoms with Crippen LogP contribution in [0, 0.1) is 0 Å². The molecule has 1 saturated heterocycles. The van der Waals surface area contributed by atoms with Crippen LogP contribution in [0.25, 0.3) is 0 Å². The van der Waals surface area contributed by atoms with Crippen LogP contribution in [0.4, 0.5) is 0 Å². The molecule has 1 aliphatic heterocycles. The van der Waals surface area contributed by atoms with Crippen LogP contribution in [-0.2, 0) is 16.4 Å². The fourth-order valence-corrected chi connectivity index (χ4v) is 4.62. The Morgan fingerprint density at radius 1 is 1.11 bits per heavy atom. The predicted molar refractivity (Wildman–Crippen MR) is 101 cm³/mol. The molecule has 0 unspecified atom stereocenters. The third-order valence-electron chi connectivity index (χ3n) is 4.78. The third kappa shape index (κ3) is 3.61. The maximum Gasteiger partial charge on any atom is 0.243 e. The average molecular weight is 397 g/mol. The Hall–Kier alpha value is -2.84. The van der Waals surface area contributed by atoms with Gasteiger partial charge in [-0.15, -0.1) is 0 Å². The van der Waals surface area contributed by atoms with E-state index in [-0.39, 0.29) is 16.6 Å². The minimum absolute atomic E-state index is 0.101. The van der Waals surface area contributed by atoms with Gasteiger partial charge in [0.25, 0.3) is 0 Å². The summed E-state index contributed by atoms with van der Waals surface area (Å²) in [6.45, 7) is 2.04. The Balaban J connectivity index is 1.40.